The Labute approximate surface area is 138 Å². The maximum Gasteiger partial charge on any atom is 0.387 e. The molecule has 0 saturated carbocycles. The Morgan fingerprint density at radius 3 is 2.29 bits per heavy atom. The lowest BCUT2D eigenvalue weighted by atomic mass is 10.0. The van der Waals surface area contributed by atoms with E-state index in [0.717, 1.165) is 21.3 Å². The van der Waals surface area contributed by atoms with Gasteiger partial charge in [0.25, 0.3) is 0 Å². The normalized spacial score (nSPS) is 12.3. The second kappa shape index (κ2) is 7.22. The fourth-order valence-electron chi connectivity index (χ4n) is 1.90. The molecule has 112 valence electrons. The van der Waals surface area contributed by atoms with E-state index < -0.39 is 6.61 Å². The number of rotatable bonds is 5. The average molecular weight is 422 g/mol. The molecule has 2 aromatic rings. The van der Waals surface area contributed by atoms with Crippen LogP contribution in [0.2, 0.25) is 0 Å². The van der Waals surface area contributed by atoms with Crippen LogP contribution in [0.25, 0.3) is 0 Å². The highest BCUT2D eigenvalue weighted by molar-refractivity contribution is 9.10. The largest absolute Gasteiger partial charge is 0.496 e. The maximum atomic E-state index is 12.1. The summed E-state index contributed by atoms with van der Waals surface area (Å²) in [5.41, 5.74) is 1.85. The first-order chi connectivity index (χ1) is 10.0. The van der Waals surface area contributed by atoms with Gasteiger partial charge in [-0.3, -0.25) is 0 Å². The van der Waals surface area contributed by atoms with Crippen LogP contribution in [0.15, 0.2) is 46.9 Å². The summed E-state index contributed by atoms with van der Waals surface area (Å²) in [6, 6.07) is 12.2. The van der Waals surface area contributed by atoms with E-state index in [-0.39, 0.29) is 10.6 Å². The molecule has 0 heterocycles. The molecule has 0 aliphatic heterocycles. The van der Waals surface area contributed by atoms with Crippen LogP contribution in [0.4, 0.5) is 8.78 Å². The Balaban J connectivity index is 2.27. The van der Waals surface area contributed by atoms with Crippen molar-refractivity contribution in [3.8, 4) is 11.5 Å². The summed E-state index contributed by atoms with van der Waals surface area (Å²) in [4.78, 5) is -0.120. The number of methoxy groups -OCH3 is 1. The Morgan fingerprint density at radius 2 is 1.71 bits per heavy atom. The van der Waals surface area contributed by atoms with Crippen LogP contribution >= 0.6 is 31.9 Å². The van der Waals surface area contributed by atoms with Crippen molar-refractivity contribution in [3.05, 3.63) is 58.1 Å². The molecule has 2 aromatic carbocycles. The van der Waals surface area contributed by atoms with Gasteiger partial charge in [-0.1, -0.05) is 44.0 Å². The van der Waals surface area contributed by atoms with Crippen LogP contribution in [0.5, 0.6) is 11.5 Å². The van der Waals surface area contributed by atoms with Crippen LogP contribution in [-0.2, 0) is 0 Å². The third kappa shape index (κ3) is 4.17. The predicted octanol–water partition coefficient (Wildman–Crippen LogP) is 5.54. The first kappa shape index (κ1) is 16.2. The zero-order valence-electron chi connectivity index (χ0n) is 11.0. The van der Waals surface area contributed by atoms with Gasteiger partial charge in [0.2, 0.25) is 0 Å². The van der Waals surface area contributed by atoms with E-state index >= 15 is 0 Å². The molecule has 0 fully saturated rings. The Bertz CT molecular complexity index is 603. The van der Waals surface area contributed by atoms with E-state index in [2.05, 4.69) is 36.6 Å². The molecule has 1 atom stereocenters. The highest BCUT2D eigenvalue weighted by Crippen LogP contribution is 2.38. The first-order valence-corrected chi connectivity index (χ1v) is 7.74. The summed E-state index contributed by atoms with van der Waals surface area (Å²) >= 11 is 7.03. The van der Waals surface area contributed by atoms with Gasteiger partial charge in [-0.05, 0) is 35.9 Å². The Hall–Kier alpha value is -1.14. The van der Waals surface area contributed by atoms with E-state index in [1.54, 1.807) is 19.2 Å². The smallest absolute Gasteiger partial charge is 0.387 e. The molecule has 0 amide bonds. The van der Waals surface area contributed by atoms with Crippen molar-refractivity contribution in [1.82, 2.24) is 0 Å². The second-order valence-electron chi connectivity index (χ2n) is 4.20. The van der Waals surface area contributed by atoms with Crippen LogP contribution in [0.1, 0.15) is 16.0 Å². The lowest BCUT2D eigenvalue weighted by Gasteiger charge is -2.15. The fraction of sp³-hybridized carbons (Fsp3) is 0.200. The number of ether oxygens (including phenoxy) is 2. The van der Waals surface area contributed by atoms with Crippen molar-refractivity contribution >= 4 is 31.9 Å². The molecule has 0 saturated heterocycles. The zero-order valence-corrected chi connectivity index (χ0v) is 14.2. The van der Waals surface area contributed by atoms with Crippen LogP contribution in [0, 0.1) is 0 Å². The third-order valence-electron chi connectivity index (χ3n) is 2.86. The predicted molar refractivity (Wildman–Crippen MR) is 84.5 cm³/mol. The molecule has 0 bridgehead atoms. The Kier molecular flexibility index (Phi) is 5.58. The molecule has 2 nitrogen and oxygen atoms in total. The van der Waals surface area contributed by atoms with Crippen molar-refractivity contribution in [1.29, 1.82) is 0 Å². The van der Waals surface area contributed by atoms with Crippen LogP contribution < -0.4 is 9.47 Å². The summed E-state index contributed by atoms with van der Waals surface area (Å²) < 4.78 is 34.9. The Morgan fingerprint density at radius 1 is 1.05 bits per heavy atom. The average Bonchev–Trinajstić information content (AvgIpc) is 2.46. The van der Waals surface area contributed by atoms with E-state index in [9.17, 15) is 8.78 Å². The molecule has 21 heavy (non-hydrogen) atoms. The monoisotopic (exact) mass is 420 g/mol. The highest BCUT2D eigenvalue weighted by Gasteiger charge is 2.16. The first-order valence-electron chi connectivity index (χ1n) is 6.03. The van der Waals surface area contributed by atoms with Gasteiger partial charge in [0.05, 0.1) is 11.9 Å². The summed E-state index contributed by atoms with van der Waals surface area (Å²) in [5, 5.41) is 0. The summed E-state index contributed by atoms with van der Waals surface area (Å²) in [7, 11) is 1.60. The molecular formula is C15H12Br2F2O2. The molecule has 1 unspecified atom stereocenters. The molecular weight excluding hydrogens is 410 g/mol. The number of benzene rings is 2. The molecule has 0 radical (unpaired) electrons. The lowest BCUT2D eigenvalue weighted by molar-refractivity contribution is -0.0498. The topological polar surface area (TPSA) is 18.5 Å². The van der Waals surface area contributed by atoms with Crippen molar-refractivity contribution < 1.29 is 18.3 Å². The van der Waals surface area contributed by atoms with Gasteiger partial charge in [-0.25, -0.2) is 0 Å². The minimum absolute atomic E-state index is 0.120. The van der Waals surface area contributed by atoms with Gasteiger partial charge < -0.3 is 9.47 Å². The molecule has 6 heteroatoms. The molecule has 0 spiro atoms. The zero-order chi connectivity index (χ0) is 15.4. The van der Waals surface area contributed by atoms with Crippen molar-refractivity contribution in [3.63, 3.8) is 0 Å². The van der Waals surface area contributed by atoms with Gasteiger partial charge in [0.1, 0.15) is 11.5 Å². The van der Waals surface area contributed by atoms with Crippen LogP contribution in [-0.4, -0.2) is 13.7 Å². The van der Waals surface area contributed by atoms with Crippen molar-refractivity contribution in [2.24, 2.45) is 0 Å². The number of hydrogen-bond donors (Lipinski definition) is 0. The van der Waals surface area contributed by atoms with E-state index in [1.165, 1.54) is 12.1 Å². The van der Waals surface area contributed by atoms with E-state index in [0.29, 0.717) is 0 Å². The van der Waals surface area contributed by atoms with Gasteiger partial charge in [-0.15, -0.1) is 0 Å². The SMILES string of the molecule is COc1ccc(Br)cc1C(Br)c1ccc(OC(F)F)cc1. The third-order valence-corrected chi connectivity index (χ3v) is 4.38. The maximum absolute atomic E-state index is 12.1. The minimum atomic E-state index is -2.82. The number of alkyl halides is 3. The van der Waals surface area contributed by atoms with Gasteiger partial charge in [0, 0.05) is 10.0 Å². The lowest BCUT2D eigenvalue weighted by Crippen LogP contribution is -2.02. The number of hydrogen-bond acceptors (Lipinski definition) is 2. The fourth-order valence-corrected chi connectivity index (χ4v) is 2.94. The van der Waals surface area contributed by atoms with Crippen LogP contribution in [0.3, 0.4) is 0 Å². The quantitative estimate of drug-likeness (QED) is 0.589. The van der Waals surface area contributed by atoms with Gasteiger partial charge >= 0.3 is 6.61 Å². The van der Waals surface area contributed by atoms with Gasteiger partial charge in [0.15, 0.2) is 0 Å². The summed E-state index contributed by atoms with van der Waals surface area (Å²) in [6.45, 7) is -2.82. The number of halogens is 4. The second-order valence-corrected chi connectivity index (χ2v) is 6.03. The molecule has 0 aliphatic carbocycles. The standard InChI is InChI=1S/C15H12Br2F2O2/c1-20-13-7-4-10(16)8-12(13)14(17)9-2-5-11(6-3-9)21-15(18)19/h2-8,14-15H,1H3. The van der Waals surface area contributed by atoms with Crippen molar-refractivity contribution in [2.45, 2.75) is 11.4 Å². The molecule has 0 aromatic heterocycles. The van der Waals surface area contributed by atoms with E-state index in [1.807, 2.05) is 18.2 Å². The summed E-state index contributed by atoms with van der Waals surface area (Å²) in [5.74, 6) is 0.877. The molecule has 2 rings (SSSR count). The van der Waals surface area contributed by atoms with E-state index in [4.69, 9.17) is 4.74 Å². The highest BCUT2D eigenvalue weighted by atomic mass is 79.9. The van der Waals surface area contributed by atoms with Gasteiger partial charge in [-0.2, -0.15) is 8.78 Å². The van der Waals surface area contributed by atoms with Crippen molar-refractivity contribution in [2.75, 3.05) is 7.11 Å². The minimum Gasteiger partial charge on any atom is -0.496 e. The molecule has 0 N–H and O–H groups in total. The summed E-state index contributed by atoms with van der Waals surface area (Å²) in [6.07, 6.45) is 0. The molecule has 0 aliphatic rings.